The minimum Gasteiger partial charge on any atom is -0.370 e. The van der Waals surface area contributed by atoms with Crippen LogP contribution in [-0.4, -0.2) is 23.5 Å². The van der Waals surface area contributed by atoms with Gasteiger partial charge in [-0.15, -0.1) is 11.3 Å². The van der Waals surface area contributed by atoms with Crippen LogP contribution in [0.3, 0.4) is 0 Å². The molecule has 2 rings (SSSR count). The van der Waals surface area contributed by atoms with Crippen molar-refractivity contribution < 1.29 is 9.53 Å². The number of ether oxygens (including phenoxy) is 1. The highest BCUT2D eigenvalue weighted by atomic mass is 32.1. The quantitative estimate of drug-likeness (QED) is 0.782. The Morgan fingerprint density at radius 3 is 2.71 bits per heavy atom. The number of thiazole rings is 1. The van der Waals surface area contributed by atoms with E-state index in [2.05, 4.69) is 4.98 Å². The maximum Gasteiger partial charge on any atom is 0.168 e. The maximum absolute atomic E-state index is 12.1. The van der Waals surface area contributed by atoms with Crippen LogP contribution in [0.25, 0.3) is 0 Å². The van der Waals surface area contributed by atoms with Gasteiger partial charge in [0.15, 0.2) is 5.78 Å². The van der Waals surface area contributed by atoms with Gasteiger partial charge in [0.1, 0.15) is 11.1 Å². The van der Waals surface area contributed by atoms with E-state index in [1.807, 2.05) is 20.8 Å². The maximum atomic E-state index is 12.1. The first-order chi connectivity index (χ1) is 8.11. The van der Waals surface area contributed by atoms with Gasteiger partial charge in [0.2, 0.25) is 0 Å². The molecule has 1 atom stereocenters. The first-order valence-corrected chi connectivity index (χ1v) is 7.00. The lowest BCUT2D eigenvalue weighted by Crippen LogP contribution is -2.28. The van der Waals surface area contributed by atoms with Crippen LogP contribution in [-0.2, 0) is 16.0 Å². The highest BCUT2D eigenvalue weighted by molar-refractivity contribution is 7.11. The standard InChI is InChI=1S/C13H19NO2S/c1-4-16-13(10-5-6-10)11(15)7-12-14-8(2)9(3)17-12/h10,13H,4-7H2,1-3H3. The van der Waals surface area contributed by atoms with E-state index in [9.17, 15) is 4.79 Å². The smallest absolute Gasteiger partial charge is 0.168 e. The van der Waals surface area contributed by atoms with Crippen LogP contribution in [0.15, 0.2) is 0 Å². The molecule has 1 heterocycles. The van der Waals surface area contributed by atoms with Gasteiger partial charge in [0.25, 0.3) is 0 Å². The van der Waals surface area contributed by atoms with Crippen LogP contribution in [0.1, 0.15) is 35.3 Å². The zero-order valence-electron chi connectivity index (χ0n) is 10.7. The molecule has 0 aromatic carbocycles. The Morgan fingerprint density at radius 1 is 1.53 bits per heavy atom. The Kier molecular flexibility index (Phi) is 3.94. The third-order valence-corrected chi connectivity index (χ3v) is 4.18. The van der Waals surface area contributed by atoms with E-state index in [1.165, 1.54) is 4.88 Å². The highest BCUT2D eigenvalue weighted by Crippen LogP contribution is 2.35. The SMILES string of the molecule is CCOC(C(=O)Cc1nc(C)c(C)s1)C1CC1. The summed E-state index contributed by atoms with van der Waals surface area (Å²) in [5.74, 6) is 0.660. The van der Waals surface area contributed by atoms with Crippen molar-refractivity contribution >= 4 is 17.1 Å². The van der Waals surface area contributed by atoms with Crippen LogP contribution in [0, 0.1) is 19.8 Å². The Morgan fingerprint density at radius 2 is 2.24 bits per heavy atom. The predicted molar refractivity (Wildman–Crippen MR) is 68.4 cm³/mol. The number of ketones is 1. The lowest BCUT2D eigenvalue weighted by molar-refractivity contribution is -0.130. The Bertz CT molecular complexity index is 390. The molecular weight excluding hydrogens is 234 g/mol. The summed E-state index contributed by atoms with van der Waals surface area (Å²) in [5, 5.41) is 0.926. The van der Waals surface area contributed by atoms with Crippen molar-refractivity contribution in [2.75, 3.05) is 6.61 Å². The summed E-state index contributed by atoms with van der Waals surface area (Å²) in [4.78, 5) is 17.8. The van der Waals surface area contributed by atoms with Gasteiger partial charge in [-0.3, -0.25) is 4.79 Å². The summed E-state index contributed by atoms with van der Waals surface area (Å²) in [6, 6.07) is 0. The fourth-order valence-electron chi connectivity index (χ4n) is 1.93. The summed E-state index contributed by atoms with van der Waals surface area (Å²) in [5.41, 5.74) is 1.04. The number of carbonyl (C=O) groups is 1. The van der Waals surface area contributed by atoms with Crippen molar-refractivity contribution in [2.24, 2.45) is 5.92 Å². The molecule has 0 saturated heterocycles. The molecular formula is C13H19NO2S. The molecule has 0 N–H and O–H groups in total. The van der Waals surface area contributed by atoms with Gasteiger partial charge in [-0.05, 0) is 39.5 Å². The van der Waals surface area contributed by atoms with E-state index >= 15 is 0 Å². The molecule has 1 aromatic rings. The Hall–Kier alpha value is -0.740. The van der Waals surface area contributed by atoms with Gasteiger partial charge in [-0.1, -0.05) is 0 Å². The van der Waals surface area contributed by atoms with Gasteiger partial charge in [0.05, 0.1) is 12.1 Å². The number of aryl methyl sites for hydroxylation is 2. The second kappa shape index (κ2) is 5.27. The number of hydrogen-bond donors (Lipinski definition) is 0. The minimum absolute atomic E-state index is 0.190. The molecule has 0 aliphatic heterocycles. The Balaban J connectivity index is 1.99. The lowest BCUT2D eigenvalue weighted by atomic mass is 10.1. The van der Waals surface area contributed by atoms with Gasteiger partial charge in [-0.2, -0.15) is 0 Å². The van der Waals surface area contributed by atoms with Gasteiger partial charge < -0.3 is 4.74 Å². The average molecular weight is 253 g/mol. The Labute approximate surface area is 106 Å². The van der Waals surface area contributed by atoms with Gasteiger partial charge in [-0.25, -0.2) is 4.98 Å². The third-order valence-electron chi connectivity index (χ3n) is 3.11. The molecule has 1 aromatic heterocycles. The fraction of sp³-hybridized carbons (Fsp3) is 0.692. The van der Waals surface area contributed by atoms with Crippen LogP contribution < -0.4 is 0 Å². The first kappa shape index (κ1) is 12.7. The van der Waals surface area contributed by atoms with Crippen LogP contribution >= 0.6 is 11.3 Å². The highest BCUT2D eigenvalue weighted by Gasteiger charge is 2.36. The van der Waals surface area contributed by atoms with Crippen LogP contribution in [0.2, 0.25) is 0 Å². The van der Waals surface area contributed by atoms with E-state index in [4.69, 9.17) is 4.74 Å². The molecule has 1 unspecified atom stereocenters. The van der Waals surface area contributed by atoms with Crippen molar-refractivity contribution in [3.05, 3.63) is 15.6 Å². The topological polar surface area (TPSA) is 39.2 Å². The monoisotopic (exact) mass is 253 g/mol. The molecule has 1 aliphatic carbocycles. The number of aromatic nitrogens is 1. The zero-order chi connectivity index (χ0) is 12.4. The summed E-state index contributed by atoms with van der Waals surface area (Å²) in [6.45, 7) is 6.59. The van der Waals surface area contributed by atoms with E-state index in [-0.39, 0.29) is 11.9 Å². The van der Waals surface area contributed by atoms with Gasteiger partial charge >= 0.3 is 0 Å². The summed E-state index contributed by atoms with van der Waals surface area (Å²) in [6.07, 6.45) is 2.50. The number of nitrogens with zero attached hydrogens (tertiary/aromatic N) is 1. The average Bonchev–Trinajstić information content (AvgIpc) is 3.04. The van der Waals surface area contributed by atoms with Crippen molar-refractivity contribution in [1.29, 1.82) is 0 Å². The first-order valence-electron chi connectivity index (χ1n) is 6.19. The third kappa shape index (κ3) is 3.13. The van der Waals surface area contributed by atoms with E-state index in [1.54, 1.807) is 11.3 Å². The van der Waals surface area contributed by atoms with E-state index in [0.717, 1.165) is 23.5 Å². The van der Waals surface area contributed by atoms with Crippen LogP contribution in [0.5, 0.6) is 0 Å². The van der Waals surface area contributed by atoms with E-state index < -0.39 is 0 Å². The number of hydrogen-bond acceptors (Lipinski definition) is 4. The van der Waals surface area contributed by atoms with Crippen LogP contribution in [0.4, 0.5) is 0 Å². The van der Waals surface area contributed by atoms with E-state index in [0.29, 0.717) is 18.9 Å². The van der Waals surface area contributed by atoms with Crippen molar-refractivity contribution in [2.45, 2.75) is 46.1 Å². The second-order valence-electron chi connectivity index (χ2n) is 4.61. The molecule has 1 saturated carbocycles. The second-order valence-corrected chi connectivity index (χ2v) is 5.89. The summed E-state index contributed by atoms with van der Waals surface area (Å²) < 4.78 is 5.56. The molecule has 94 valence electrons. The molecule has 0 radical (unpaired) electrons. The predicted octanol–water partition coefficient (Wildman–Crippen LogP) is 2.69. The lowest BCUT2D eigenvalue weighted by Gasteiger charge is -2.13. The largest absolute Gasteiger partial charge is 0.370 e. The molecule has 17 heavy (non-hydrogen) atoms. The van der Waals surface area contributed by atoms with Gasteiger partial charge in [0, 0.05) is 11.5 Å². The number of Topliss-reactive ketones (excluding diaryl/α,β-unsaturated/α-hetero) is 1. The molecule has 0 spiro atoms. The summed E-state index contributed by atoms with van der Waals surface area (Å²) in [7, 11) is 0. The normalized spacial score (nSPS) is 17.1. The fourth-order valence-corrected chi connectivity index (χ4v) is 2.88. The van der Waals surface area contributed by atoms with Crippen molar-refractivity contribution in [3.63, 3.8) is 0 Å². The number of carbonyl (C=O) groups excluding carboxylic acids is 1. The minimum atomic E-state index is -0.190. The van der Waals surface area contributed by atoms with Crippen molar-refractivity contribution in [1.82, 2.24) is 4.98 Å². The molecule has 3 nitrogen and oxygen atoms in total. The number of rotatable bonds is 6. The molecule has 1 fully saturated rings. The zero-order valence-corrected chi connectivity index (χ0v) is 11.5. The molecule has 0 bridgehead atoms. The van der Waals surface area contributed by atoms with Crippen molar-refractivity contribution in [3.8, 4) is 0 Å². The molecule has 0 amide bonds. The molecule has 1 aliphatic rings. The summed E-state index contributed by atoms with van der Waals surface area (Å²) >= 11 is 1.62. The molecule has 4 heteroatoms.